The van der Waals surface area contributed by atoms with E-state index in [-0.39, 0.29) is 5.28 Å². The Bertz CT molecular complexity index is 971. The van der Waals surface area contributed by atoms with Crippen LogP contribution in [0.2, 0.25) is 5.28 Å². The van der Waals surface area contributed by atoms with Crippen LogP contribution in [0, 0.1) is 0 Å². The number of nitrogen functional groups attached to an aromatic ring is 1. The third kappa shape index (κ3) is 2.93. The summed E-state index contributed by atoms with van der Waals surface area (Å²) in [6, 6.07) is 8.17. The first-order valence-corrected chi connectivity index (χ1v) is 9.28. The lowest BCUT2D eigenvalue weighted by Gasteiger charge is -2.15. The monoisotopic (exact) mass is 418 g/mol. The van der Waals surface area contributed by atoms with Gasteiger partial charge in [-0.1, -0.05) is 18.2 Å². The zero-order valence-corrected chi connectivity index (χ0v) is 15.7. The van der Waals surface area contributed by atoms with Gasteiger partial charge in [0.25, 0.3) is 0 Å². The number of fused-ring (bicyclic) bond motifs is 1. The van der Waals surface area contributed by atoms with Crippen LogP contribution in [0.15, 0.2) is 34.9 Å². The molecule has 3 aromatic rings. The van der Waals surface area contributed by atoms with Crippen molar-refractivity contribution in [1.82, 2.24) is 14.5 Å². The first-order valence-electron chi connectivity index (χ1n) is 8.11. The van der Waals surface area contributed by atoms with Gasteiger partial charge in [0.15, 0.2) is 0 Å². The maximum absolute atomic E-state index is 11.0. The lowest BCUT2D eigenvalue weighted by molar-refractivity contribution is 0.112. The number of aldehydes is 1. The average Bonchev–Trinajstić information content (AvgIpc) is 3.20. The molecule has 2 N–H and O–H groups in total. The van der Waals surface area contributed by atoms with E-state index in [4.69, 9.17) is 17.3 Å². The SMILES string of the molecule is Nc1nc(Cl)nc2c1c(Br)cn2C1CCC(c2cccc(C=O)c2)C1. The van der Waals surface area contributed by atoms with Crippen LogP contribution in [0.4, 0.5) is 5.82 Å². The Balaban J connectivity index is 1.68. The van der Waals surface area contributed by atoms with Gasteiger partial charge in [0.1, 0.15) is 17.8 Å². The van der Waals surface area contributed by atoms with Crippen molar-refractivity contribution in [2.24, 2.45) is 0 Å². The Morgan fingerprint density at radius 3 is 2.96 bits per heavy atom. The zero-order chi connectivity index (χ0) is 17.6. The molecule has 1 aromatic carbocycles. The largest absolute Gasteiger partial charge is 0.383 e. The quantitative estimate of drug-likeness (QED) is 0.491. The van der Waals surface area contributed by atoms with Crippen molar-refractivity contribution < 1.29 is 4.79 Å². The summed E-state index contributed by atoms with van der Waals surface area (Å²) in [4.78, 5) is 19.5. The van der Waals surface area contributed by atoms with Gasteiger partial charge in [-0.05, 0) is 64.3 Å². The summed E-state index contributed by atoms with van der Waals surface area (Å²) in [5.74, 6) is 0.810. The number of anilines is 1. The smallest absolute Gasteiger partial charge is 0.226 e. The molecule has 2 unspecified atom stereocenters. The number of halogens is 2. The van der Waals surface area contributed by atoms with Crippen LogP contribution in [-0.4, -0.2) is 20.8 Å². The maximum Gasteiger partial charge on any atom is 0.226 e. The van der Waals surface area contributed by atoms with Crippen LogP contribution in [0.3, 0.4) is 0 Å². The molecule has 0 saturated heterocycles. The molecule has 1 saturated carbocycles. The van der Waals surface area contributed by atoms with Gasteiger partial charge in [-0.25, -0.2) is 4.98 Å². The van der Waals surface area contributed by atoms with Crippen LogP contribution in [0.5, 0.6) is 0 Å². The normalized spacial score (nSPS) is 20.2. The molecule has 2 atom stereocenters. The topological polar surface area (TPSA) is 73.8 Å². The number of carbonyl (C=O) groups is 1. The number of hydrogen-bond donors (Lipinski definition) is 1. The Morgan fingerprint density at radius 1 is 1.32 bits per heavy atom. The fourth-order valence-corrected chi connectivity index (χ4v) is 4.55. The van der Waals surface area contributed by atoms with E-state index in [1.807, 2.05) is 24.4 Å². The fourth-order valence-electron chi connectivity index (χ4n) is 3.78. The summed E-state index contributed by atoms with van der Waals surface area (Å²) in [7, 11) is 0. The van der Waals surface area contributed by atoms with Gasteiger partial charge in [0, 0.05) is 22.3 Å². The van der Waals surface area contributed by atoms with Crippen molar-refractivity contribution in [3.05, 3.63) is 51.3 Å². The second kappa shape index (κ2) is 6.42. The highest BCUT2D eigenvalue weighted by molar-refractivity contribution is 9.10. The molecule has 2 heterocycles. The van der Waals surface area contributed by atoms with E-state index >= 15 is 0 Å². The number of nitrogens with two attached hydrogens (primary N) is 1. The summed E-state index contributed by atoms with van der Waals surface area (Å²) in [6.45, 7) is 0. The third-order valence-corrected chi connectivity index (χ3v) is 5.71. The number of benzene rings is 1. The van der Waals surface area contributed by atoms with E-state index in [1.54, 1.807) is 0 Å². The van der Waals surface area contributed by atoms with Crippen LogP contribution in [-0.2, 0) is 0 Å². The Hall–Kier alpha value is -1.92. The molecule has 128 valence electrons. The lowest BCUT2D eigenvalue weighted by Crippen LogP contribution is -2.06. The first-order chi connectivity index (χ1) is 12.1. The molecule has 7 heteroatoms. The zero-order valence-electron chi connectivity index (χ0n) is 13.3. The second-order valence-corrected chi connectivity index (χ2v) is 7.60. The molecule has 0 radical (unpaired) electrons. The van der Waals surface area contributed by atoms with Crippen molar-refractivity contribution in [1.29, 1.82) is 0 Å². The fraction of sp³-hybridized carbons (Fsp3) is 0.278. The van der Waals surface area contributed by atoms with Gasteiger partial charge >= 0.3 is 0 Å². The predicted octanol–water partition coefficient (Wildman–Crippen LogP) is 4.75. The minimum atomic E-state index is 0.157. The lowest BCUT2D eigenvalue weighted by atomic mass is 9.96. The van der Waals surface area contributed by atoms with E-state index in [0.29, 0.717) is 17.8 Å². The number of carbonyl (C=O) groups excluding carboxylic acids is 1. The van der Waals surface area contributed by atoms with Gasteiger partial charge in [0.2, 0.25) is 5.28 Å². The van der Waals surface area contributed by atoms with Crippen molar-refractivity contribution in [3.8, 4) is 0 Å². The summed E-state index contributed by atoms with van der Waals surface area (Å²) >= 11 is 9.56. The number of rotatable bonds is 3. The minimum absolute atomic E-state index is 0.157. The molecule has 1 fully saturated rings. The highest BCUT2D eigenvalue weighted by Crippen LogP contribution is 2.43. The molecule has 1 aliphatic rings. The molecular weight excluding hydrogens is 404 g/mol. The number of hydrogen-bond acceptors (Lipinski definition) is 4. The third-order valence-electron chi connectivity index (χ3n) is 4.94. The van der Waals surface area contributed by atoms with E-state index in [1.165, 1.54) is 5.56 Å². The summed E-state index contributed by atoms with van der Waals surface area (Å²) < 4.78 is 3.02. The molecule has 2 aromatic heterocycles. The van der Waals surface area contributed by atoms with Crippen molar-refractivity contribution >= 4 is 50.7 Å². The Morgan fingerprint density at radius 2 is 2.16 bits per heavy atom. The molecular formula is C18H16BrClN4O. The molecule has 0 amide bonds. The first kappa shape index (κ1) is 16.5. The maximum atomic E-state index is 11.0. The minimum Gasteiger partial charge on any atom is -0.383 e. The molecule has 1 aliphatic carbocycles. The predicted molar refractivity (Wildman–Crippen MR) is 102 cm³/mol. The Labute approximate surface area is 158 Å². The second-order valence-electron chi connectivity index (χ2n) is 6.41. The van der Waals surface area contributed by atoms with Crippen LogP contribution in [0.1, 0.15) is 47.1 Å². The Kier molecular flexibility index (Phi) is 4.25. The molecule has 0 bridgehead atoms. The average molecular weight is 420 g/mol. The highest BCUT2D eigenvalue weighted by atomic mass is 79.9. The number of aromatic nitrogens is 3. The van der Waals surface area contributed by atoms with Gasteiger partial charge in [-0.3, -0.25) is 4.79 Å². The van der Waals surface area contributed by atoms with Crippen LogP contribution < -0.4 is 5.73 Å². The summed E-state index contributed by atoms with van der Waals surface area (Å²) in [5, 5.41) is 0.959. The van der Waals surface area contributed by atoms with Gasteiger partial charge in [-0.15, -0.1) is 0 Å². The molecule has 0 spiro atoms. The van der Waals surface area contributed by atoms with Crippen molar-refractivity contribution in [3.63, 3.8) is 0 Å². The van der Waals surface area contributed by atoms with E-state index in [9.17, 15) is 4.79 Å². The molecule has 0 aliphatic heterocycles. The van der Waals surface area contributed by atoms with E-state index in [0.717, 1.165) is 46.6 Å². The molecule has 4 rings (SSSR count). The molecule has 25 heavy (non-hydrogen) atoms. The standard InChI is InChI=1S/C18H16BrClN4O/c19-14-8-24(17-15(14)16(21)22-18(20)23-17)13-5-4-12(7-13)11-3-1-2-10(6-11)9-25/h1-3,6,8-9,12-13H,4-5,7H2,(H2,21,22,23). The summed E-state index contributed by atoms with van der Waals surface area (Å²) in [6.07, 6.45) is 6.00. The van der Waals surface area contributed by atoms with E-state index in [2.05, 4.69) is 36.5 Å². The summed E-state index contributed by atoms with van der Waals surface area (Å²) in [5.41, 5.74) is 8.71. The van der Waals surface area contributed by atoms with E-state index < -0.39 is 0 Å². The van der Waals surface area contributed by atoms with Crippen molar-refractivity contribution in [2.75, 3.05) is 5.73 Å². The van der Waals surface area contributed by atoms with Crippen LogP contribution in [0.25, 0.3) is 11.0 Å². The highest BCUT2D eigenvalue weighted by Gasteiger charge is 2.29. The van der Waals surface area contributed by atoms with Gasteiger partial charge in [-0.2, -0.15) is 4.98 Å². The van der Waals surface area contributed by atoms with Crippen molar-refractivity contribution in [2.45, 2.75) is 31.2 Å². The van der Waals surface area contributed by atoms with Gasteiger partial charge < -0.3 is 10.3 Å². The van der Waals surface area contributed by atoms with Crippen LogP contribution >= 0.6 is 27.5 Å². The molecule has 5 nitrogen and oxygen atoms in total. The van der Waals surface area contributed by atoms with Gasteiger partial charge in [0.05, 0.1) is 5.39 Å². The number of nitrogens with zero attached hydrogens (tertiary/aromatic N) is 3.